The van der Waals surface area contributed by atoms with E-state index in [1.54, 1.807) is 48.5 Å². The molecule has 0 radical (unpaired) electrons. The topological polar surface area (TPSA) is 118 Å². The van der Waals surface area contributed by atoms with Gasteiger partial charge in [0.05, 0.1) is 12.8 Å². The Bertz CT molecular complexity index is 1270. The lowest BCUT2D eigenvalue weighted by atomic mass is 10.1. The fourth-order valence-electron chi connectivity index (χ4n) is 3.13. The number of hydrogen-bond acceptors (Lipinski definition) is 6. The van der Waals surface area contributed by atoms with E-state index in [1.807, 2.05) is 39.0 Å². The van der Waals surface area contributed by atoms with Crippen LogP contribution in [-0.4, -0.2) is 37.1 Å². The molecule has 3 aromatic rings. The molecule has 37 heavy (non-hydrogen) atoms. The van der Waals surface area contributed by atoms with Gasteiger partial charge >= 0.3 is 11.8 Å². The number of amides is 3. The highest BCUT2D eigenvalue weighted by atomic mass is 16.5. The standard InChI is InChI=1S/C28H30N4O5/c1-4-15-36-24-13-11-22(12-14-24)31-27(34)28(35)32-29-17-21-7-5-6-8-25(21)37-18-26(33)30-23-10-9-19(2)20(3)16-23/h5-14,16-17H,4,15,18H2,1-3H3,(H,30,33)(H,31,34)(H,32,35)/b29-17-. The lowest BCUT2D eigenvalue weighted by Gasteiger charge is -2.10. The van der Waals surface area contributed by atoms with Crippen LogP contribution in [0.2, 0.25) is 0 Å². The number of ether oxygens (including phenoxy) is 2. The quantitative estimate of drug-likeness (QED) is 0.218. The van der Waals surface area contributed by atoms with Gasteiger partial charge in [-0.15, -0.1) is 0 Å². The van der Waals surface area contributed by atoms with Crippen molar-refractivity contribution in [2.45, 2.75) is 27.2 Å². The highest BCUT2D eigenvalue weighted by molar-refractivity contribution is 6.39. The van der Waals surface area contributed by atoms with Crippen molar-refractivity contribution >= 4 is 35.3 Å². The zero-order valence-corrected chi connectivity index (χ0v) is 21.0. The zero-order chi connectivity index (χ0) is 26.6. The summed E-state index contributed by atoms with van der Waals surface area (Å²) in [5.41, 5.74) is 6.05. The number of hydrazone groups is 1. The van der Waals surface area contributed by atoms with Crippen LogP contribution in [0, 0.1) is 13.8 Å². The predicted octanol–water partition coefficient (Wildman–Crippen LogP) is 4.20. The molecule has 0 atom stereocenters. The highest BCUT2D eigenvalue weighted by Gasteiger charge is 2.13. The monoisotopic (exact) mass is 502 g/mol. The number of carbonyl (C=O) groups excluding carboxylic acids is 3. The molecule has 0 aromatic heterocycles. The van der Waals surface area contributed by atoms with Crippen LogP contribution in [0.5, 0.6) is 11.5 Å². The summed E-state index contributed by atoms with van der Waals surface area (Å²) in [6.45, 7) is 6.37. The summed E-state index contributed by atoms with van der Waals surface area (Å²) in [5, 5.41) is 9.13. The average Bonchev–Trinajstić information content (AvgIpc) is 2.89. The first-order valence-corrected chi connectivity index (χ1v) is 11.8. The maximum absolute atomic E-state index is 12.3. The molecule has 0 spiro atoms. The number of carbonyl (C=O) groups is 3. The van der Waals surface area contributed by atoms with Crippen molar-refractivity contribution in [3.05, 3.63) is 83.4 Å². The first-order valence-electron chi connectivity index (χ1n) is 11.8. The van der Waals surface area contributed by atoms with Gasteiger partial charge in [0, 0.05) is 16.9 Å². The summed E-state index contributed by atoms with van der Waals surface area (Å²) >= 11 is 0. The van der Waals surface area contributed by atoms with Crippen LogP contribution in [0.1, 0.15) is 30.0 Å². The zero-order valence-electron chi connectivity index (χ0n) is 21.0. The second kappa shape index (κ2) is 13.4. The van der Waals surface area contributed by atoms with E-state index >= 15 is 0 Å². The van der Waals surface area contributed by atoms with Gasteiger partial charge < -0.3 is 20.1 Å². The highest BCUT2D eigenvalue weighted by Crippen LogP contribution is 2.18. The van der Waals surface area contributed by atoms with Crippen LogP contribution in [-0.2, 0) is 14.4 Å². The number of benzene rings is 3. The Labute approximate surface area is 215 Å². The largest absolute Gasteiger partial charge is 0.494 e. The summed E-state index contributed by atoms with van der Waals surface area (Å²) in [7, 11) is 0. The summed E-state index contributed by atoms with van der Waals surface area (Å²) in [4.78, 5) is 36.6. The van der Waals surface area contributed by atoms with Crippen LogP contribution in [0.15, 0.2) is 71.8 Å². The number of rotatable bonds is 10. The minimum atomic E-state index is -0.936. The van der Waals surface area contributed by atoms with E-state index in [0.29, 0.717) is 35.0 Å². The van der Waals surface area contributed by atoms with E-state index < -0.39 is 11.8 Å². The molecule has 0 saturated heterocycles. The number of nitrogens with zero attached hydrogens (tertiary/aromatic N) is 1. The fraction of sp³-hybridized carbons (Fsp3) is 0.214. The van der Waals surface area contributed by atoms with Crippen molar-refractivity contribution in [2.75, 3.05) is 23.8 Å². The third kappa shape index (κ3) is 8.50. The average molecular weight is 503 g/mol. The van der Waals surface area contributed by atoms with E-state index in [-0.39, 0.29) is 12.5 Å². The lowest BCUT2D eigenvalue weighted by molar-refractivity contribution is -0.136. The molecular formula is C28H30N4O5. The number of nitrogens with one attached hydrogen (secondary N) is 3. The number of hydrogen-bond donors (Lipinski definition) is 3. The number of para-hydroxylation sites is 1. The first-order chi connectivity index (χ1) is 17.9. The van der Waals surface area contributed by atoms with E-state index in [4.69, 9.17) is 9.47 Å². The van der Waals surface area contributed by atoms with E-state index in [9.17, 15) is 14.4 Å². The Morgan fingerprint density at radius 2 is 1.57 bits per heavy atom. The molecule has 9 nitrogen and oxygen atoms in total. The number of anilines is 2. The van der Waals surface area contributed by atoms with Gasteiger partial charge in [-0.1, -0.05) is 25.1 Å². The minimum Gasteiger partial charge on any atom is -0.494 e. The van der Waals surface area contributed by atoms with Crippen LogP contribution in [0.25, 0.3) is 0 Å². The summed E-state index contributed by atoms with van der Waals surface area (Å²) in [5.74, 6) is -1.05. The van der Waals surface area contributed by atoms with Crippen molar-refractivity contribution in [2.24, 2.45) is 5.10 Å². The molecule has 3 aromatic carbocycles. The molecule has 192 valence electrons. The Morgan fingerprint density at radius 3 is 2.30 bits per heavy atom. The molecule has 3 N–H and O–H groups in total. The van der Waals surface area contributed by atoms with Gasteiger partial charge in [0.25, 0.3) is 5.91 Å². The molecule has 0 aliphatic carbocycles. The van der Waals surface area contributed by atoms with Crippen LogP contribution in [0.4, 0.5) is 11.4 Å². The maximum Gasteiger partial charge on any atom is 0.329 e. The van der Waals surface area contributed by atoms with Gasteiger partial charge in [0.2, 0.25) is 0 Å². The molecule has 0 heterocycles. The van der Waals surface area contributed by atoms with Crippen molar-refractivity contribution in [1.29, 1.82) is 0 Å². The van der Waals surface area contributed by atoms with Crippen molar-refractivity contribution in [1.82, 2.24) is 5.43 Å². The molecule has 3 amide bonds. The van der Waals surface area contributed by atoms with Gasteiger partial charge in [-0.2, -0.15) is 5.10 Å². The molecule has 0 aliphatic rings. The normalized spacial score (nSPS) is 10.6. The Hall–Kier alpha value is -4.66. The third-order valence-electron chi connectivity index (χ3n) is 5.23. The second-order valence-corrected chi connectivity index (χ2v) is 8.20. The van der Waals surface area contributed by atoms with Crippen LogP contribution >= 0.6 is 0 Å². The van der Waals surface area contributed by atoms with E-state index in [0.717, 1.165) is 17.5 Å². The van der Waals surface area contributed by atoms with Crippen molar-refractivity contribution in [3.63, 3.8) is 0 Å². The molecule has 3 rings (SSSR count). The van der Waals surface area contributed by atoms with E-state index in [2.05, 4.69) is 21.2 Å². The SMILES string of the molecule is CCCOc1ccc(NC(=O)C(=O)N/N=C\c2ccccc2OCC(=O)Nc2ccc(C)c(C)c2)cc1. The van der Waals surface area contributed by atoms with Crippen molar-refractivity contribution < 1.29 is 23.9 Å². The molecule has 0 saturated carbocycles. The van der Waals surface area contributed by atoms with Gasteiger partial charge in [0.15, 0.2) is 6.61 Å². The first kappa shape index (κ1) is 26.9. The van der Waals surface area contributed by atoms with Crippen LogP contribution in [0.3, 0.4) is 0 Å². The fourth-order valence-corrected chi connectivity index (χ4v) is 3.13. The smallest absolute Gasteiger partial charge is 0.329 e. The van der Waals surface area contributed by atoms with Gasteiger partial charge in [-0.25, -0.2) is 5.43 Å². The molecule has 0 unspecified atom stereocenters. The summed E-state index contributed by atoms with van der Waals surface area (Å²) in [6, 6.07) is 19.2. The summed E-state index contributed by atoms with van der Waals surface area (Å²) in [6.07, 6.45) is 2.22. The predicted molar refractivity (Wildman–Crippen MR) is 143 cm³/mol. The van der Waals surface area contributed by atoms with Gasteiger partial charge in [-0.05, 0) is 79.9 Å². The third-order valence-corrected chi connectivity index (χ3v) is 5.23. The number of aryl methyl sites for hydroxylation is 2. The Balaban J connectivity index is 1.50. The van der Waals surface area contributed by atoms with Crippen LogP contribution < -0.4 is 25.5 Å². The van der Waals surface area contributed by atoms with Crippen molar-refractivity contribution in [3.8, 4) is 11.5 Å². The molecule has 0 fully saturated rings. The van der Waals surface area contributed by atoms with Gasteiger partial charge in [-0.3, -0.25) is 14.4 Å². The molecule has 0 aliphatic heterocycles. The maximum atomic E-state index is 12.3. The minimum absolute atomic E-state index is 0.213. The second-order valence-electron chi connectivity index (χ2n) is 8.20. The van der Waals surface area contributed by atoms with E-state index in [1.165, 1.54) is 6.21 Å². The Morgan fingerprint density at radius 1 is 0.838 bits per heavy atom. The summed E-state index contributed by atoms with van der Waals surface area (Å²) < 4.78 is 11.1. The van der Waals surface area contributed by atoms with Gasteiger partial charge in [0.1, 0.15) is 11.5 Å². The lowest BCUT2D eigenvalue weighted by Crippen LogP contribution is -2.32. The Kier molecular flexibility index (Phi) is 9.78. The molecule has 0 bridgehead atoms. The molecular weight excluding hydrogens is 472 g/mol. The molecule has 9 heteroatoms.